The van der Waals surface area contributed by atoms with E-state index in [1.54, 1.807) is 37.4 Å². The molecule has 0 N–H and O–H groups in total. The molecule has 0 spiro atoms. The summed E-state index contributed by atoms with van der Waals surface area (Å²) in [5.74, 6) is 7.13. The SMILES string of the molecule is CC[Si](CC)(C1CC(C[Si](C)(C)C)C2CCCCC21)C1C(C)C(C)C(C)C1C. The van der Waals surface area contributed by atoms with Crippen molar-refractivity contribution in [1.29, 1.82) is 0 Å². The molecule has 3 aliphatic carbocycles. The molecule has 2 heteroatoms. The van der Waals surface area contributed by atoms with Crippen LogP contribution in [0.15, 0.2) is 0 Å². The Morgan fingerprint density at radius 1 is 0.714 bits per heavy atom. The van der Waals surface area contributed by atoms with Gasteiger partial charge in [0.25, 0.3) is 0 Å². The van der Waals surface area contributed by atoms with Gasteiger partial charge in [-0.2, -0.15) is 0 Å². The molecule has 3 saturated carbocycles. The van der Waals surface area contributed by atoms with E-state index < -0.39 is 16.1 Å². The minimum absolute atomic E-state index is 0.936. The number of fused-ring (bicyclic) bond motifs is 1. The lowest BCUT2D eigenvalue weighted by Crippen LogP contribution is -2.48. The molecule has 0 nitrogen and oxygen atoms in total. The first kappa shape index (κ1) is 23.1. The van der Waals surface area contributed by atoms with Crippen LogP contribution in [-0.2, 0) is 0 Å². The van der Waals surface area contributed by atoms with E-state index >= 15 is 0 Å². The highest BCUT2D eigenvalue weighted by atomic mass is 28.3. The van der Waals surface area contributed by atoms with Gasteiger partial charge in [0.05, 0.1) is 8.07 Å². The molecule has 0 aliphatic heterocycles. The van der Waals surface area contributed by atoms with E-state index in [-0.39, 0.29) is 0 Å². The quantitative estimate of drug-likeness (QED) is 0.376. The molecule has 0 aromatic carbocycles. The van der Waals surface area contributed by atoms with Crippen LogP contribution in [0, 0.1) is 41.4 Å². The average Bonchev–Trinajstić information content (AvgIpc) is 3.09. The fraction of sp³-hybridized carbons (Fsp3) is 1.00. The molecule has 0 bridgehead atoms. The largest absolute Gasteiger partial charge is 0.0695 e. The maximum Gasteiger partial charge on any atom is 0.0601 e. The fourth-order valence-corrected chi connectivity index (χ4v) is 19.0. The van der Waals surface area contributed by atoms with Crippen LogP contribution >= 0.6 is 0 Å². The first-order chi connectivity index (χ1) is 13.1. The Labute approximate surface area is 180 Å². The Kier molecular flexibility index (Phi) is 7.03. The van der Waals surface area contributed by atoms with Gasteiger partial charge >= 0.3 is 0 Å². The highest BCUT2D eigenvalue weighted by molar-refractivity contribution is 6.82. The lowest BCUT2D eigenvalue weighted by molar-refractivity contribution is 0.234. The maximum atomic E-state index is 2.66. The van der Waals surface area contributed by atoms with Crippen LogP contribution in [0.25, 0.3) is 0 Å². The van der Waals surface area contributed by atoms with Gasteiger partial charge in [0.2, 0.25) is 0 Å². The lowest BCUT2D eigenvalue weighted by Gasteiger charge is -2.49. The van der Waals surface area contributed by atoms with E-state index in [1.807, 2.05) is 0 Å². The second-order valence-electron chi connectivity index (χ2n) is 12.9. The summed E-state index contributed by atoms with van der Waals surface area (Å²) in [5.41, 5.74) is 2.24. The molecular weight excluding hydrogens is 368 g/mol. The summed E-state index contributed by atoms with van der Waals surface area (Å²) in [5, 5.41) is 0. The highest BCUT2D eigenvalue weighted by Gasteiger charge is 2.59. The predicted octanol–water partition coefficient (Wildman–Crippen LogP) is 8.94. The standard InChI is InChI=1S/C26H52Si2/c1-10-28(11-2,26-20(5)18(3)19(4)21(26)6)25-16-22(17-27(7,8)9)23-14-12-13-15-24(23)25/h18-26H,10-17H2,1-9H3. The second kappa shape index (κ2) is 8.52. The van der Waals surface area contributed by atoms with Crippen LogP contribution in [0.4, 0.5) is 0 Å². The zero-order valence-corrected chi connectivity index (χ0v) is 22.9. The zero-order valence-electron chi connectivity index (χ0n) is 20.9. The topological polar surface area (TPSA) is 0 Å². The van der Waals surface area contributed by atoms with Gasteiger partial charge < -0.3 is 0 Å². The molecule has 3 fully saturated rings. The Bertz CT molecular complexity index is 503. The van der Waals surface area contributed by atoms with Gasteiger partial charge in [-0.15, -0.1) is 0 Å². The van der Waals surface area contributed by atoms with Crippen LogP contribution in [0.2, 0.25) is 48.9 Å². The average molecular weight is 421 g/mol. The van der Waals surface area contributed by atoms with Crippen LogP contribution in [0.5, 0.6) is 0 Å². The van der Waals surface area contributed by atoms with Crippen molar-refractivity contribution in [2.24, 2.45) is 41.4 Å². The number of rotatable bonds is 6. The zero-order chi connectivity index (χ0) is 20.9. The van der Waals surface area contributed by atoms with E-state index in [0.29, 0.717) is 0 Å². The first-order valence-corrected chi connectivity index (χ1v) is 19.3. The van der Waals surface area contributed by atoms with Gasteiger partial charge in [-0.25, -0.2) is 0 Å². The summed E-state index contributed by atoms with van der Waals surface area (Å²) in [4.78, 5) is 0. The minimum atomic E-state index is -1.30. The van der Waals surface area contributed by atoms with Gasteiger partial charge in [0.1, 0.15) is 0 Å². The second-order valence-corrected chi connectivity index (χ2v) is 23.7. The molecule has 3 rings (SSSR count). The predicted molar refractivity (Wildman–Crippen MR) is 133 cm³/mol. The molecule has 0 heterocycles. The third-order valence-corrected chi connectivity index (χ3v) is 19.7. The Morgan fingerprint density at radius 3 is 1.68 bits per heavy atom. The van der Waals surface area contributed by atoms with Crippen LogP contribution in [0.1, 0.15) is 73.6 Å². The first-order valence-electron chi connectivity index (χ1n) is 13.1. The molecule has 0 saturated heterocycles. The van der Waals surface area contributed by atoms with E-state index in [2.05, 4.69) is 61.2 Å². The summed E-state index contributed by atoms with van der Waals surface area (Å²) in [7, 11) is -2.27. The normalized spacial score (nSPS) is 44.7. The molecule has 8 atom stereocenters. The van der Waals surface area contributed by atoms with Crippen molar-refractivity contribution in [3.8, 4) is 0 Å². The third kappa shape index (κ3) is 3.87. The number of hydrogen-bond acceptors (Lipinski definition) is 0. The molecule has 0 aromatic heterocycles. The molecule has 0 aromatic rings. The molecule has 3 aliphatic rings. The Hall–Kier alpha value is 0.434. The summed E-state index contributed by atoms with van der Waals surface area (Å²) in [6.45, 7) is 23.7. The summed E-state index contributed by atoms with van der Waals surface area (Å²) < 4.78 is 0. The fourth-order valence-electron chi connectivity index (χ4n) is 9.26. The van der Waals surface area contributed by atoms with Crippen molar-refractivity contribution in [2.75, 3.05) is 0 Å². The van der Waals surface area contributed by atoms with Gasteiger partial charge in [0.15, 0.2) is 0 Å². The van der Waals surface area contributed by atoms with Crippen molar-refractivity contribution >= 4 is 16.1 Å². The molecule has 0 amide bonds. The monoisotopic (exact) mass is 420 g/mol. The van der Waals surface area contributed by atoms with Crippen molar-refractivity contribution in [3.05, 3.63) is 0 Å². The minimum Gasteiger partial charge on any atom is -0.0695 e. The maximum absolute atomic E-state index is 2.66. The lowest BCUT2D eigenvalue weighted by atomic mass is 9.78. The van der Waals surface area contributed by atoms with E-state index in [4.69, 9.17) is 0 Å². The number of hydrogen-bond donors (Lipinski definition) is 0. The molecule has 0 radical (unpaired) electrons. The smallest absolute Gasteiger partial charge is 0.0601 e. The molecular formula is C26H52Si2. The Morgan fingerprint density at radius 2 is 1.21 bits per heavy atom. The van der Waals surface area contributed by atoms with Gasteiger partial charge in [-0.1, -0.05) is 98.6 Å². The van der Waals surface area contributed by atoms with Gasteiger partial charge in [0, 0.05) is 8.07 Å². The summed E-state index contributed by atoms with van der Waals surface area (Å²) in [6.07, 6.45) is 7.89. The van der Waals surface area contributed by atoms with Crippen molar-refractivity contribution in [2.45, 2.75) is 123 Å². The van der Waals surface area contributed by atoms with E-state index in [0.717, 1.165) is 52.5 Å². The van der Waals surface area contributed by atoms with Crippen LogP contribution < -0.4 is 0 Å². The third-order valence-electron chi connectivity index (χ3n) is 10.8. The van der Waals surface area contributed by atoms with Gasteiger partial charge in [-0.3, -0.25) is 0 Å². The van der Waals surface area contributed by atoms with Crippen LogP contribution in [-0.4, -0.2) is 16.1 Å². The summed E-state index contributed by atoms with van der Waals surface area (Å²) in [6, 6.07) is 4.75. The van der Waals surface area contributed by atoms with E-state index in [9.17, 15) is 0 Å². The van der Waals surface area contributed by atoms with Crippen molar-refractivity contribution in [1.82, 2.24) is 0 Å². The van der Waals surface area contributed by atoms with E-state index in [1.165, 1.54) is 12.8 Å². The Balaban J connectivity index is 1.96. The molecule has 8 unspecified atom stereocenters. The van der Waals surface area contributed by atoms with Crippen molar-refractivity contribution < 1.29 is 0 Å². The van der Waals surface area contributed by atoms with Crippen molar-refractivity contribution in [3.63, 3.8) is 0 Å². The van der Waals surface area contributed by atoms with Gasteiger partial charge in [-0.05, 0) is 65.3 Å². The van der Waals surface area contributed by atoms with Crippen LogP contribution in [0.3, 0.4) is 0 Å². The summed E-state index contributed by atoms with van der Waals surface area (Å²) >= 11 is 0. The molecule has 164 valence electrons. The molecule has 28 heavy (non-hydrogen) atoms. The highest BCUT2D eigenvalue weighted by Crippen LogP contribution is 2.65.